The van der Waals surface area contributed by atoms with Gasteiger partial charge in [-0.25, -0.2) is 4.98 Å². The minimum Gasteiger partial charge on any atom is -0.497 e. The van der Waals surface area contributed by atoms with Crippen molar-refractivity contribution in [1.29, 1.82) is 0 Å². The number of ether oxygens (including phenoxy) is 1. The lowest BCUT2D eigenvalue weighted by Crippen LogP contribution is -2.49. The molecule has 2 aliphatic heterocycles. The van der Waals surface area contributed by atoms with Crippen molar-refractivity contribution in [2.75, 3.05) is 26.7 Å². The number of carbonyl (C=O) groups is 1. The zero-order chi connectivity index (χ0) is 18.8. The minimum atomic E-state index is -0.0796. The van der Waals surface area contributed by atoms with Gasteiger partial charge in [0.2, 0.25) is 5.91 Å². The second kappa shape index (κ2) is 7.72. The maximum absolute atomic E-state index is 12.8. The lowest BCUT2D eigenvalue weighted by atomic mass is 10.1. The van der Waals surface area contributed by atoms with Gasteiger partial charge in [0.15, 0.2) is 0 Å². The number of amides is 1. The van der Waals surface area contributed by atoms with E-state index in [0.29, 0.717) is 0 Å². The summed E-state index contributed by atoms with van der Waals surface area (Å²) in [5, 5.41) is 0. The summed E-state index contributed by atoms with van der Waals surface area (Å²) in [7, 11) is 1.67. The van der Waals surface area contributed by atoms with Crippen LogP contribution in [0.3, 0.4) is 0 Å². The molecule has 1 aromatic heterocycles. The predicted octanol–water partition coefficient (Wildman–Crippen LogP) is 2.84. The smallest absolute Gasteiger partial charge is 0.239 e. The van der Waals surface area contributed by atoms with Crippen molar-refractivity contribution >= 4 is 5.91 Å². The number of rotatable bonds is 4. The summed E-state index contributed by atoms with van der Waals surface area (Å²) in [5.74, 6) is 2.00. The number of benzene rings is 1. The van der Waals surface area contributed by atoms with E-state index >= 15 is 0 Å². The molecule has 2 aliphatic rings. The van der Waals surface area contributed by atoms with Crippen LogP contribution >= 0.6 is 0 Å². The molecule has 0 aliphatic carbocycles. The number of fused-ring (bicyclic) bond motifs is 1. The maximum Gasteiger partial charge on any atom is 0.239 e. The van der Waals surface area contributed by atoms with Crippen LogP contribution in [-0.2, 0) is 17.8 Å². The second-order valence-corrected chi connectivity index (χ2v) is 7.52. The van der Waals surface area contributed by atoms with Crippen LogP contribution in [0.2, 0.25) is 0 Å². The molecule has 2 aromatic rings. The molecular weight excluding hydrogens is 340 g/mol. The summed E-state index contributed by atoms with van der Waals surface area (Å²) >= 11 is 0. The molecule has 1 N–H and O–H groups in total. The van der Waals surface area contributed by atoms with Crippen molar-refractivity contribution < 1.29 is 9.53 Å². The zero-order valence-corrected chi connectivity index (χ0v) is 16.2. The van der Waals surface area contributed by atoms with E-state index in [4.69, 9.17) is 9.72 Å². The van der Waals surface area contributed by atoms with Gasteiger partial charge in [-0.2, -0.15) is 0 Å². The Balaban J connectivity index is 1.46. The average Bonchev–Trinajstić information content (AvgIpc) is 3.16. The number of H-pyrrole nitrogens is 1. The lowest BCUT2D eigenvalue weighted by Gasteiger charge is -2.35. The SMILES string of the molecule is COc1ccc(-c2nc3c([nH]2)CN([C@@H](C)C(=O)N2CCCCC2)CC3)cc1. The first-order valence-corrected chi connectivity index (χ1v) is 9.90. The molecule has 0 radical (unpaired) electrons. The zero-order valence-electron chi connectivity index (χ0n) is 16.2. The van der Waals surface area contributed by atoms with E-state index in [0.717, 1.165) is 74.0 Å². The summed E-state index contributed by atoms with van der Waals surface area (Å²) in [5.41, 5.74) is 3.30. The van der Waals surface area contributed by atoms with Crippen LogP contribution in [0.15, 0.2) is 24.3 Å². The molecule has 1 aromatic carbocycles. The van der Waals surface area contributed by atoms with E-state index in [-0.39, 0.29) is 11.9 Å². The number of methoxy groups -OCH3 is 1. The Morgan fingerprint density at radius 3 is 2.59 bits per heavy atom. The molecule has 1 amide bonds. The predicted molar refractivity (Wildman–Crippen MR) is 105 cm³/mol. The largest absolute Gasteiger partial charge is 0.497 e. The van der Waals surface area contributed by atoms with E-state index < -0.39 is 0 Å². The van der Waals surface area contributed by atoms with Gasteiger partial charge >= 0.3 is 0 Å². The summed E-state index contributed by atoms with van der Waals surface area (Å²) in [6.45, 7) is 5.49. The van der Waals surface area contributed by atoms with Gasteiger partial charge in [-0.15, -0.1) is 0 Å². The molecule has 27 heavy (non-hydrogen) atoms. The van der Waals surface area contributed by atoms with Crippen LogP contribution in [0.5, 0.6) is 5.75 Å². The fraction of sp³-hybridized carbons (Fsp3) is 0.524. The van der Waals surface area contributed by atoms with E-state index in [2.05, 4.69) is 9.88 Å². The number of carbonyl (C=O) groups excluding carboxylic acids is 1. The molecule has 1 atom stereocenters. The highest BCUT2D eigenvalue weighted by molar-refractivity contribution is 5.81. The number of imidazole rings is 1. The van der Waals surface area contributed by atoms with Gasteiger partial charge in [-0.05, 0) is 50.5 Å². The average molecular weight is 368 g/mol. The van der Waals surface area contributed by atoms with Crippen LogP contribution < -0.4 is 4.74 Å². The molecule has 0 bridgehead atoms. The van der Waals surface area contributed by atoms with Crippen LogP contribution in [0.1, 0.15) is 37.6 Å². The summed E-state index contributed by atoms with van der Waals surface area (Å²) < 4.78 is 5.23. The number of hydrogen-bond donors (Lipinski definition) is 1. The van der Waals surface area contributed by atoms with Crippen molar-refractivity contribution in [3.8, 4) is 17.1 Å². The quantitative estimate of drug-likeness (QED) is 0.901. The van der Waals surface area contributed by atoms with Crippen LogP contribution in [0.25, 0.3) is 11.4 Å². The molecule has 3 heterocycles. The summed E-state index contributed by atoms with van der Waals surface area (Å²) in [6, 6.07) is 7.85. The minimum absolute atomic E-state index is 0.0796. The fourth-order valence-electron chi connectivity index (χ4n) is 4.07. The number of likely N-dealkylation sites (tertiary alicyclic amines) is 1. The van der Waals surface area contributed by atoms with E-state index in [9.17, 15) is 4.79 Å². The van der Waals surface area contributed by atoms with Gasteiger partial charge in [0.1, 0.15) is 11.6 Å². The van der Waals surface area contributed by atoms with Crippen LogP contribution in [0.4, 0.5) is 0 Å². The van der Waals surface area contributed by atoms with Gasteiger partial charge in [0, 0.05) is 38.2 Å². The summed E-state index contributed by atoms with van der Waals surface area (Å²) in [4.78, 5) is 25.4. The Morgan fingerprint density at radius 1 is 1.15 bits per heavy atom. The monoisotopic (exact) mass is 368 g/mol. The molecule has 144 valence electrons. The molecule has 1 fully saturated rings. The topological polar surface area (TPSA) is 61.5 Å². The third-order valence-electron chi connectivity index (χ3n) is 5.80. The number of piperidine rings is 1. The van der Waals surface area contributed by atoms with Crippen LogP contribution in [0, 0.1) is 0 Å². The third kappa shape index (κ3) is 3.72. The van der Waals surface area contributed by atoms with Crippen molar-refractivity contribution in [2.24, 2.45) is 0 Å². The third-order valence-corrected chi connectivity index (χ3v) is 5.80. The standard InChI is InChI=1S/C21H28N4O2/c1-15(21(26)24-11-4-3-5-12-24)25-13-10-18-19(14-25)23-20(22-18)16-6-8-17(27-2)9-7-16/h6-9,15H,3-5,10-14H2,1-2H3,(H,22,23)/t15-/m0/s1. The first kappa shape index (κ1) is 18.0. The molecule has 6 nitrogen and oxygen atoms in total. The van der Waals surface area contributed by atoms with E-state index in [1.165, 1.54) is 6.42 Å². The number of aromatic amines is 1. The molecule has 6 heteroatoms. The van der Waals surface area contributed by atoms with Crippen molar-refractivity contribution in [1.82, 2.24) is 19.8 Å². The van der Waals surface area contributed by atoms with E-state index in [1.54, 1.807) is 7.11 Å². The van der Waals surface area contributed by atoms with Gasteiger partial charge in [0.05, 0.1) is 24.5 Å². The second-order valence-electron chi connectivity index (χ2n) is 7.52. The maximum atomic E-state index is 12.8. The highest BCUT2D eigenvalue weighted by Crippen LogP contribution is 2.25. The Morgan fingerprint density at radius 2 is 1.89 bits per heavy atom. The van der Waals surface area contributed by atoms with Crippen molar-refractivity contribution in [2.45, 2.75) is 45.2 Å². The van der Waals surface area contributed by atoms with Gasteiger partial charge in [-0.3, -0.25) is 9.69 Å². The molecule has 0 saturated carbocycles. The molecule has 1 saturated heterocycles. The Labute approximate surface area is 160 Å². The Bertz CT molecular complexity index is 793. The van der Waals surface area contributed by atoms with E-state index in [1.807, 2.05) is 36.1 Å². The summed E-state index contributed by atoms with van der Waals surface area (Å²) in [6.07, 6.45) is 4.38. The van der Waals surface area contributed by atoms with Crippen molar-refractivity contribution in [3.63, 3.8) is 0 Å². The van der Waals surface area contributed by atoms with Crippen LogP contribution in [-0.4, -0.2) is 58.5 Å². The molecular formula is C21H28N4O2. The Kier molecular flexibility index (Phi) is 5.16. The molecule has 4 rings (SSSR count). The number of aromatic nitrogens is 2. The lowest BCUT2D eigenvalue weighted by molar-refractivity contribution is -0.137. The van der Waals surface area contributed by atoms with Gasteiger partial charge in [0.25, 0.3) is 0 Å². The molecule has 0 spiro atoms. The number of nitrogens with zero attached hydrogens (tertiary/aromatic N) is 3. The van der Waals surface area contributed by atoms with Gasteiger partial charge in [-0.1, -0.05) is 0 Å². The number of nitrogens with one attached hydrogen (secondary N) is 1. The highest BCUT2D eigenvalue weighted by Gasteiger charge is 2.30. The highest BCUT2D eigenvalue weighted by atomic mass is 16.5. The Hall–Kier alpha value is -2.34. The first-order chi connectivity index (χ1) is 13.2. The molecule has 0 unspecified atom stereocenters. The van der Waals surface area contributed by atoms with Crippen molar-refractivity contribution in [3.05, 3.63) is 35.7 Å². The first-order valence-electron chi connectivity index (χ1n) is 9.90. The van der Waals surface area contributed by atoms with Gasteiger partial charge < -0.3 is 14.6 Å². The normalized spacial score (nSPS) is 18.8. The number of hydrogen-bond acceptors (Lipinski definition) is 4. The fourth-order valence-corrected chi connectivity index (χ4v) is 4.07.